The van der Waals surface area contributed by atoms with Gasteiger partial charge in [0.2, 0.25) is 0 Å². The summed E-state index contributed by atoms with van der Waals surface area (Å²) < 4.78 is 293. The van der Waals surface area contributed by atoms with Crippen LogP contribution in [0.1, 0.15) is 149 Å². The molecule has 9 rings (SSSR count). The minimum Gasteiger partial charge on any atom is -0.748 e. The molecule has 6 N–H and O–H groups in total. The monoisotopic (exact) mass is 2170 g/mol. The van der Waals surface area contributed by atoms with Crippen molar-refractivity contribution in [1.29, 1.82) is 0 Å². The lowest BCUT2D eigenvalue weighted by Gasteiger charge is -2.28. The second kappa shape index (κ2) is 59.7. The number of carboxylic acids is 6. The van der Waals surface area contributed by atoms with Gasteiger partial charge >= 0.3 is 89.5 Å². The molecular formula is C76H102O56S8-8. The predicted octanol–water partition coefficient (Wildman–Crippen LogP) is -2.99. The molecule has 56 nitrogen and oxygen atoms in total. The molecule has 0 spiro atoms. The van der Waals surface area contributed by atoms with Gasteiger partial charge in [-0.25, -0.2) is 76.9 Å². The van der Waals surface area contributed by atoms with Gasteiger partial charge in [-0.15, -0.1) is 0 Å². The van der Waals surface area contributed by atoms with Gasteiger partial charge in [0.05, 0.1) is 218 Å². The average Bonchev–Trinajstić information content (AvgIpc) is 1.62. The molecule has 7 fully saturated rings. The van der Waals surface area contributed by atoms with Crippen molar-refractivity contribution in [2.45, 2.75) is 135 Å². The zero-order valence-electron chi connectivity index (χ0n) is 73.8. The van der Waals surface area contributed by atoms with Crippen LogP contribution in [0.25, 0.3) is 0 Å². The molecule has 1 aromatic rings. The number of aliphatic carboxylic acids is 5. The molecule has 1 saturated heterocycles. The van der Waals surface area contributed by atoms with E-state index in [1.807, 2.05) is 0 Å². The summed E-state index contributed by atoms with van der Waals surface area (Å²) in [7, 11) is -35.4. The lowest BCUT2D eigenvalue weighted by atomic mass is 9.79. The highest BCUT2D eigenvalue weighted by Gasteiger charge is 2.55. The van der Waals surface area contributed by atoms with Crippen LogP contribution >= 0.6 is 0 Å². The predicted molar refractivity (Wildman–Crippen MR) is 448 cm³/mol. The lowest BCUT2D eigenvalue weighted by Crippen LogP contribution is -2.36. The number of hydrogen-bond acceptors (Lipinski definition) is 50. The molecule has 14 atom stereocenters. The first kappa shape index (κ1) is 126. The summed E-state index contributed by atoms with van der Waals surface area (Å²) >= 11 is 0. The number of ether oxygens (including phenoxy) is 10. The number of epoxide rings is 1. The molecule has 1 aliphatic heterocycles. The summed E-state index contributed by atoms with van der Waals surface area (Å²) in [4.78, 5) is 179. The number of aromatic carboxylic acids is 1. The van der Waals surface area contributed by atoms with Crippen molar-refractivity contribution >= 4 is 176 Å². The summed E-state index contributed by atoms with van der Waals surface area (Å²) in [6, 6.07) is 5.32. The molecule has 64 heteroatoms. The van der Waals surface area contributed by atoms with Crippen molar-refractivity contribution in [2.24, 2.45) is 76.9 Å². The molecule has 1 heterocycles. The number of esters is 9. The fraction of sp³-hybridized carbons (Fsp3) is 0.684. The van der Waals surface area contributed by atoms with Crippen molar-refractivity contribution in [3.05, 3.63) is 47.5 Å². The Balaban J connectivity index is 0.000000543. The van der Waals surface area contributed by atoms with E-state index < -0.39 is 323 Å². The van der Waals surface area contributed by atoms with E-state index in [2.05, 4.69) is 23.7 Å². The van der Waals surface area contributed by atoms with Crippen molar-refractivity contribution in [3.63, 3.8) is 0 Å². The number of ketones is 1. The maximum absolute atomic E-state index is 12.0. The van der Waals surface area contributed by atoms with Gasteiger partial charge in [-0.3, -0.25) is 67.1 Å². The zero-order valence-corrected chi connectivity index (χ0v) is 80.3. The molecule has 0 radical (unpaired) electrons. The molecule has 798 valence electrons. The Morgan fingerprint density at radius 2 is 0.643 bits per heavy atom. The largest absolute Gasteiger partial charge is 0.748 e. The molecule has 1 aromatic carbocycles. The van der Waals surface area contributed by atoms with Gasteiger partial charge in [0.1, 0.15) is 77.3 Å². The molecule has 8 aliphatic rings. The average molecular weight is 2170 g/mol. The molecule has 0 aromatic heterocycles. The van der Waals surface area contributed by atoms with Crippen LogP contribution in [0.3, 0.4) is 0 Å². The molecule has 6 saturated carbocycles. The van der Waals surface area contributed by atoms with E-state index in [9.17, 15) is 180 Å². The maximum Gasteiger partial charge on any atom is 0.339 e. The van der Waals surface area contributed by atoms with Crippen molar-refractivity contribution < 1.29 is 258 Å². The van der Waals surface area contributed by atoms with Crippen LogP contribution in [0.4, 0.5) is 0 Å². The molecule has 7 aliphatic carbocycles. The van der Waals surface area contributed by atoms with E-state index in [1.165, 1.54) is 24.3 Å². The van der Waals surface area contributed by atoms with Gasteiger partial charge in [0.15, 0.2) is 0 Å². The van der Waals surface area contributed by atoms with Crippen molar-refractivity contribution in [2.75, 3.05) is 112 Å². The van der Waals surface area contributed by atoms with E-state index in [1.54, 1.807) is 12.2 Å². The first-order chi connectivity index (χ1) is 64.6. The molecular weight excluding hydrogens is 2070 g/mol. The second-order valence-electron chi connectivity index (χ2n) is 31.4. The van der Waals surface area contributed by atoms with Gasteiger partial charge in [0.25, 0.3) is 0 Å². The Hall–Kier alpha value is -10.1. The summed E-state index contributed by atoms with van der Waals surface area (Å²) in [5.74, 6) is -26.8. The van der Waals surface area contributed by atoms with Gasteiger partial charge in [-0.05, 0) is 100 Å². The van der Waals surface area contributed by atoms with Crippen molar-refractivity contribution in [3.8, 4) is 0 Å². The van der Waals surface area contributed by atoms with Crippen LogP contribution in [-0.4, -0.2) is 348 Å². The number of allylic oxidation sites excluding steroid dienone is 2. The van der Waals surface area contributed by atoms with Crippen LogP contribution in [0, 0.1) is 76.9 Å². The Kier molecular flexibility index (Phi) is 53.8. The summed E-state index contributed by atoms with van der Waals surface area (Å²) in [6.45, 7) is -3.45. The van der Waals surface area contributed by atoms with Crippen LogP contribution in [0.2, 0.25) is 0 Å². The highest BCUT2D eigenvalue weighted by atomic mass is 32.2. The Morgan fingerprint density at radius 1 is 0.329 bits per heavy atom. The number of carbonyl (C=O) groups excluding carboxylic acids is 10. The van der Waals surface area contributed by atoms with E-state index in [-0.39, 0.29) is 79.0 Å². The summed E-state index contributed by atoms with van der Waals surface area (Å²) in [5.41, 5.74) is -0.458. The zero-order chi connectivity index (χ0) is 107. The fourth-order valence-electron chi connectivity index (χ4n) is 14.5. The molecule has 4 bridgehead atoms. The second-order valence-corrected chi connectivity index (χ2v) is 43.6. The normalized spacial score (nSPS) is 22.6. The Bertz CT molecular complexity index is 5390. The molecule has 14 unspecified atom stereocenters. The topological polar surface area (TPSA) is 948 Å². The quantitative estimate of drug-likeness (QED) is 0.00948. The minimum atomic E-state index is -4.47. The van der Waals surface area contributed by atoms with Crippen molar-refractivity contribution in [1.82, 2.24) is 0 Å². The number of hydrogen-bond donors (Lipinski definition) is 6. The third kappa shape index (κ3) is 54.8. The van der Waals surface area contributed by atoms with Crippen LogP contribution in [0.15, 0.2) is 36.4 Å². The van der Waals surface area contributed by atoms with E-state index in [4.69, 9.17) is 54.3 Å². The lowest BCUT2D eigenvalue weighted by molar-refractivity contribution is -0.162. The standard InChI is InChI=1S/C13H20O8S.C11H16O7S.C11H14O7S.C10H16O7S.C10H10O7S.C9H14O6S.2C6H10O7S/c14-12(19-5-6-22(16,17)18)10-3-1-2-4-11(10)13(15)21-8-9-7-20-9;2*12-10(13)8-6-1-2-7(5-6)9(8)11(14)18-3-4-19(15,16)17;2*11-9(12)7-3-1-2-4-8(7)10(13)17-5-6-18(14,15)16;10-8-4-2-1-3-7(8)9(11)15-5-6-16(12,13)14;2*7-5(8)1-2-6(9)13-3-4-14(10,11)12/h9-11H,1-8H2,(H,16,17,18);6-9H,1-5H2,(H,12,13)(H,15,16,17);1-2,6-9H,3-5H2,(H,12,13)(H,15,16,17);7-8H,1-6H2,(H,11,12)(H,14,15,16);1-4H,5-6H2,(H,11,12)(H,14,15,16);7H,1-6H2,(H,12,13,14);2*1-4H2,(H,7,8)(H,10,11,12)/p-8. The van der Waals surface area contributed by atoms with Crippen LogP contribution in [0.5, 0.6) is 0 Å². The third-order valence-corrected chi connectivity index (χ3v) is 26.3. The fourth-order valence-corrected chi connectivity index (χ4v) is 16.8. The number of carbonyl (C=O) groups is 16. The van der Waals surface area contributed by atoms with Crippen LogP contribution in [-0.2, 0) is 195 Å². The van der Waals surface area contributed by atoms with Gasteiger partial charge in [0, 0.05) is 6.42 Å². The molecule has 140 heavy (non-hydrogen) atoms. The minimum absolute atomic E-state index is 0.00228. The third-order valence-electron chi connectivity index (χ3n) is 21.0. The number of rotatable bonds is 43. The number of Topliss-reactive ketones (excluding diaryl/α,β-unsaturated/α-hetero) is 1. The first-order valence-corrected chi connectivity index (χ1v) is 54.5. The van der Waals surface area contributed by atoms with Crippen LogP contribution < -0.4 is 0 Å². The van der Waals surface area contributed by atoms with E-state index >= 15 is 0 Å². The first-order valence-electron chi connectivity index (χ1n) is 41.8. The van der Waals surface area contributed by atoms with Gasteiger partial charge in [-0.2, -0.15) is 0 Å². The van der Waals surface area contributed by atoms with Gasteiger partial charge in [-0.1, -0.05) is 56.4 Å². The van der Waals surface area contributed by atoms with E-state index in [0.29, 0.717) is 58.0 Å². The highest BCUT2D eigenvalue weighted by molar-refractivity contribution is 7.87. The Labute approximate surface area is 801 Å². The smallest absolute Gasteiger partial charge is 0.339 e. The highest BCUT2D eigenvalue weighted by Crippen LogP contribution is 2.53. The summed E-state index contributed by atoms with van der Waals surface area (Å²) in [6.07, 6.45) is 12.3. The number of fused-ring (bicyclic) bond motifs is 4. The number of benzene rings is 1. The van der Waals surface area contributed by atoms with Gasteiger partial charge < -0.3 is 114 Å². The van der Waals surface area contributed by atoms with E-state index in [0.717, 1.165) is 51.4 Å². The summed E-state index contributed by atoms with van der Waals surface area (Å²) in [5, 5.41) is 52.4. The Morgan fingerprint density at radius 3 is 0.993 bits per heavy atom. The SMILES string of the molecule is O=C(O)C1C2C=CC(C2)C1C(=O)OCCS(=O)(=O)[O-].O=C(O)C1C2CCC(C2)C1C(=O)OCCS(=O)(=O)[O-].O=C(O)C1CCCCC1C(=O)OCCS(=O)(=O)[O-].O=C(O)CCC(=O)OCCS(=O)(=O)[O-].O=C(O)CCC(=O)OCCS(=O)(=O)[O-].O=C(O)c1ccccc1C(=O)OCCS(=O)(=O)[O-].O=C(OCCS(=O)(=O)[O-])C1CCCCC1C(=O)OCC1CO1.O=C1CCCCC1C(=O)OCCS(=O)(=O)[O-]. The number of carboxylic acid groups (broad SMARTS) is 6. The molecule has 0 amide bonds. The maximum atomic E-state index is 12.0.